The van der Waals surface area contributed by atoms with Crippen LogP contribution < -0.4 is 5.32 Å². The summed E-state index contributed by atoms with van der Waals surface area (Å²) in [4.78, 5) is 13.9. The molecule has 128 valence electrons. The third-order valence-corrected chi connectivity index (χ3v) is 4.83. The van der Waals surface area contributed by atoms with Gasteiger partial charge >= 0.3 is 0 Å². The minimum absolute atomic E-state index is 0.0562. The van der Waals surface area contributed by atoms with E-state index >= 15 is 0 Å². The first-order valence-corrected chi connectivity index (χ1v) is 8.68. The molecule has 1 atom stereocenters. The Balaban J connectivity index is 1.90. The van der Waals surface area contributed by atoms with Gasteiger partial charge in [-0.05, 0) is 24.5 Å². The lowest BCUT2D eigenvalue weighted by atomic mass is 9.73. The lowest BCUT2D eigenvalue weighted by molar-refractivity contribution is -0.125. The second kappa shape index (κ2) is 7.50. The Bertz CT molecular complexity index is 712. The molecule has 1 aliphatic rings. The van der Waals surface area contributed by atoms with Crippen LogP contribution in [0.15, 0.2) is 60.7 Å². The van der Waals surface area contributed by atoms with Crippen LogP contribution in [0.2, 0.25) is 0 Å². The summed E-state index contributed by atoms with van der Waals surface area (Å²) < 4.78 is 0. The van der Waals surface area contributed by atoms with Crippen LogP contribution >= 0.6 is 0 Å². The van der Waals surface area contributed by atoms with E-state index < -0.39 is 5.41 Å². The van der Waals surface area contributed by atoms with Crippen LogP contribution in [0.25, 0.3) is 0 Å². The van der Waals surface area contributed by atoms with Crippen molar-refractivity contribution < 1.29 is 4.79 Å². The van der Waals surface area contributed by atoms with Gasteiger partial charge in [0.15, 0.2) is 0 Å². The maximum atomic E-state index is 11.8. The molecule has 25 heavy (non-hydrogen) atoms. The Kier molecular flexibility index (Phi) is 5.16. The van der Waals surface area contributed by atoms with E-state index in [9.17, 15) is 10.1 Å². The van der Waals surface area contributed by atoms with Crippen molar-refractivity contribution in [1.29, 1.82) is 5.26 Å². The van der Waals surface area contributed by atoms with Crippen molar-refractivity contribution in [3.8, 4) is 6.07 Å². The van der Waals surface area contributed by atoms with Crippen molar-refractivity contribution in [2.24, 2.45) is 0 Å². The van der Waals surface area contributed by atoms with Crippen LogP contribution in [-0.2, 0) is 10.2 Å². The summed E-state index contributed by atoms with van der Waals surface area (Å²) in [5.74, 6) is 0.0562. The van der Waals surface area contributed by atoms with E-state index in [0.717, 1.165) is 17.7 Å². The molecule has 2 aromatic rings. The lowest BCUT2D eigenvalue weighted by Gasteiger charge is -2.34. The van der Waals surface area contributed by atoms with Gasteiger partial charge in [0.2, 0.25) is 5.91 Å². The van der Waals surface area contributed by atoms with Gasteiger partial charge in [-0.15, -0.1) is 0 Å². The van der Waals surface area contributed by atoms with E-state index in [1.165, 1.54) is 0 Å². The fourth-order valence-corrected chi connectivity index (χ4v) is 3.60. The van der Waals surface area contributed by atoms with Gasteiger partial charge in [0.1, 0.15) is 5.41 Å². The normalized spacial score (nSPS) is 18.4. The average molecular weight is 333 g/mol. The van der Waals surface area contributed by atoms with E-state index in [0.29, 0.717) is 19.5 Å². The smallest absolute Gasteiger partial charge is 0.234 e. The monoisotopic (exact) mass is 333 g/mol. The quantitative estimate of drug-likeness (QED) is 0.915. The second-order valence-corrected chi connectivity index (χ2v) is 6.70. The van der Waals surface area contributed by atoms with Crippen molar-refractivity contribution >= 4 is 5.91 Å². The summed E-state index contributed by atoms with van der Waals surface area (Å²) in [6.07, 6.45) is 0.650. The molecule has 0 aromatic heterocycles. The molecule has 0 unspecified atom stereocenters. The number of rotatable bonds is 5. The van der Waals surface area contributed by atoms with Crippen molar-refractivity contribution in [3.63, 3.8) is 0 Å². The molecule has 0 aliphatic carbocycles. The highest BCUT2D eigenvalue weighted by Gasteiger charge is 2.35. The third-order valence-electron chi connectivity index (χ3n) is 4.83. The molecule has 0 bridgehead atoms. The zero-order valence-electron chi connectivity index (χ0n) is 14.5. The predicted molar refractivity (Wildman–Crippen MR) is 97.9 cm³/mol. The summed E-state index contributed by atoms with van der Waals surface area (Å²) >= 11 is 0. The zero-order valence-corrected chi connectivity index (χ0v) is 14.5. The molecular weight excluding hydrogens is 310 g/mol. The minimum atomic E-state index is -0.709. The molecule has 1 aliphatic heterocycles. The third kappa shape index (κ3) is 3.72. The Morgan fingerprint density at radius 2 is 1.68 bits per heavy atom. The van der Waals surface area contributed by atoms with Crippen LogP contribution in [0.5, 0.6) is 0 Å². The highest BCUT2D eigenvalue weighted by atomic mass is 16.2. The maximum absolute atomic E-state index is 11.8. The van der Waals surface area contributed by atoms with E-state index in [4.69, 9.17) is 0 Å². The Labute approximate surface area is 149 Å². The van der Waals surface area contributed by atoms with Crippen molar-refractivity contribution in [1.82, 2.24) is 10.2 Å². The summed E-state index contributed by atoms with van der Waals surface area (Å²) in [7, 11) is 0. The highest BCUT2D eigenvalue weighted by Crippen LogP contribution is 2.35. The lowest BCUT2D eigenvalue weighted by Crippen LogP contribution is -2.53. The number of amides is 1. The molecule has 0 spiro atoms. The standard InChI is InChI=1S/C21H23N3O/c1-17-14-24(15-20(25)23-17)13-12-21(16-22,18-8-4-2-5-9-18)19-10-6-3-7-11-19/h2-11,17H,12-15H2,1H3,(H,23,25)/t17-/m1/s1. The fraction of sp³-hybridized carbons (Fsp3) is 0.333. The highest BCUT2D eigenvalue weighted by molar-refractivity contribution is 5.79. The first-order chi connectivity index (χ1) is 12.1. The number of nitrogens with one attached hydrogen (secondary N) is 1. The van der Waals surface area contributed by atoms with E-state index in [1.807, 2.05) is 67.6 Å². The zero-order chi connectivity index (χ0) is 17.7. The molecule has 1 heterocycles. The van der Waals surface area contributed by atoms with Gasteiger partial charge in [0.05, 0.1) is 12.6 Å². The number of piperazine rings is 1. The summed E-state index contributed by atoms with van der Waals surface area (Å²) in [5, 5.41) is 13.1. The van der Waals surface area contributed by atoms with Crippen LogP contribution in [0.4, 0.5) is 0 Å². The average Bonchev–Trinajstić information content (AvgIpc) is 2.64. The Hall–Kier alpha value is -2.64. The molecule has 1 fully saturated rings. The van der Waals surface area contributed by atoms with Crippen LogP contribution in [-0.4, -0.2) is 36.5 Å². The largest absolute Gasteiger partial charge is 0.351 e. The number of hydrogen-bond acceptors (Lipinski definition) is 3. The first-order valence-electron chi connectivity index (χ1n) is 8.68. The molecule has 4 nitrogen and oxygen atoms in total. The van der Waals surface area contributed by atoms with Crippen LogP contribution in [0, 0.1) is 11.3 Å². The molecule has 3 rings (SSSR count). The Morgan fingerprint density at radius 3 is 2.16 bits per heavy atom. The SMILES string of the molecule is C[C@@H]1CN(CCC(C#N)(c2ccccc2)c2ccccc2)CC(=O)N1. The molecule has 4 heteroatoms. The number of carbonyl (C=O) groups is 1. The molecular formula is C21H23N3O. The van der Waals surface area contributed by atoms with Gasteiger partial charge in [-0.25, -0.2) is 0 Å². The van der Waals surface area contributed by atoms with Gasteiger partial charge in [-0.2, -0.15) is 5.26 Å². The fourth-order valence-electron chi connectivity index (χ4n) is 3.60. The summed E-state index contributed by atoms with van der Waals surface area (Å²) in [6.45, 7) is 3.93. The number of nitrogens with zero attached hydrogens (tertiary/aromatic N) is 2. The maximum Gasteiger partial charge on any atom is 0.234 e. The van der Waals surface area contributed by atoms with Crippen molar-refractivity contribution in [2.75, 3.05) is 19.6 Å². The molecule has 1 saturated heterocycles. The predicted octanol–water partition coefficient (Wildman–Crippen LogP) is 2.71. The second-order valence-electron chi connectivity index (χ2n) is 6.70. The molecule has 0 radical (unpaired) electrons. The van der Waals surface area contributed by atoms with Gasteiger partial charge in [-0.1, -0.05) is 60.7 Å². The number of carbonyl (C=O) groups excluding carboxylic acids is 1. The Morgan fingerprint density at radius 1 is 1.12 bits per heavy atom. The number of hydrogen-bond donors (Lipinski definition) is 1. The van der Waals surface area contributed by atoms with Crippen LogP contribution in [0.1, 0.15) is 24.5 Å². The molecule has 0 saturated carbocycles. The van der Waals surface area contributed by atoms with Crippen molar-refractivity contribution in [2.45, 2.75) is 24.8 Å². The topological polar surface area (TPSA) is 56.1 Å². The molecule has 2 aromatic carbocycles. The van der Waals surface area contributed by atoms with Crippen molar-refractivity contribution in [3.05, 3.63) is 71.8 Å². The minimum Gasteiger partial charge on any atom is -0.351 e. The van der Waals surface area contributed by atoms with Crippen LogP contribution in [0.3, 0.4) is 0 Å². The number of nitriles is 1. The van der Waals surface area contributed by atoms with E-state index in [1.54, 1.807) is 0 Å². The van der Waals surface area contributed by atoms with Gasteiger partial charge in [0.25, 0.3) is 0 Å². The summed E-state index contributed by atoms with van der Waals surface area (Å²) in [5.41, 5.74) is 1.29. The molecule has 1 amide bonds. The molecule has 1 N–H and O–H groups in total. The first kappa shape index (κ1) is 17.2. The van der Waals surface area contributed by atoms with E-state index in [2.05, 4.69) is 16.3 Å². The van der Waals surface area contributed by atoms with E-state index in [-0.39, 0.29) is 11.9 Å². The van der Waals surface area contributed by atoms with Gasteiger partial charge in [-0.3, -0.25) is 9.69 Å². The van der Waals surface area contributed by atoms with Gasteiger partial charge < -0.3 is 5.32 Å². The summed E-state index contributed by atoms with van der Waals surface area (Å²) in [6, 6.07) is 22.6. The number of benzene rings is 2. The van der Waals surface area contributed by atoms with Gasteiger partial charge in [0, 0.05) is 19.1 Å².